The lowest BCUT2D eigenvalue weighted by Crippen LogP contribution is -2.26. The van der Waals surface area contributed by atoms with E-state index < -0.39 is 12.1 Å². The molecule has 0 radical (unpaired) electrons. The van der Waals surface area contributed by atoms with Crippen molar-refractivity contribution in [1.82, 2.24) is 5.32 Å². The van der Waals surface area contributed by atoms with Crippen LogP contribution in [0.2, 0.25) is 0 Å². The first kappa shape index (κ1) is 22.0. The van der Waals surface area contributed by atoms with Crippen LogP contribution in [0.4, 0.5) is 10.5 Å². The fraction of sp³-hybridized carbons (Fsp3) is 0.185. The van der Waals surface area contributed by atoms with Gasteiger partial charge < -0.3 is 20.9 Å². The second kappa shape index (κ2) is 9.49. The van der Waals surface area contributed by atoms with Crippen LogP contribution in [0, 0.1) is 18.8 Å². The summed E-state index contributed by atoms with van der Waals surface area (Å²) in [5.41, 5.74) is 12.0. The normalized spacial score (nSPS) is 11.7. The van der Waals surface area contributed by atoms with Gasteiger partial charge >= 0.3 is 12.1 Å². The number of carboxylic acids is 1. The molecule has 0 fully saturated rings. The standard InChI is InChI=1S/C27H24N2O4/c1-17-14-18(25(28)23(15-17)26(30)31)8-6-7-13-29-27(32)33-16-24-21-11-4-2-9-19(21)20-10-3-5-12-22(20)24/h2-5,9-12,14-15,24H,7,13,16,28H2,1H3,(H,29,32)(H,30,31). The van der Waals surface area contributed by atoms with E-state index in [1.807, 2.05) is 24.3 Å². The maximum Gasteiger partial charge on any atom is 0.407 e. The number of nitrogens with one attached hydrogen (secondary N) is 1. The van der Waals surface area contributed by atoms with E-state index in [1.54, 1.807) is 13.0 Å². The lowest BCUT2D eigenvalue weighted by Gasteiger charge is -2.14. The number of amides is 1. The Bertz CT molecular complexity index is 1240. The molecule has 1 aliphatic carbocycles. The van der Waals surface area contributed by atoms with Crippen molar-refractivity contribution in [2.24, 2.45) is 0 Å². The topological polar surface area (TPSA) is 102 Å². The number of hydrogen-bond donors (Lipinski definition) is 3. The van der Waals surface area contributed by atoms with Gasteiger partial charge in [0, 0.05) is 24.4 Å². The van der Waals surface area contributed by atoms with Crippen molar-refractivity contribution < 1.29 is 19.4 Å². The predicted molar refractivity (Wildman–Crippen MR) is 127 cm³/mol. The van der Waals surface area contributed by atoms with E-state index in [2.05, 4.69) is 41.4 Å². The predicted octanol–water partition coefficient (Wildman–Crippen LogP) is 4.56. The van der Waals surface area contributed by atoms with E-state index in [0.29, 0.717) is 18.5 Å². The van der Waals surface area contributed by atoms with Crippen LogP contribution in [0.5, 0.6) is 0 Å². The third-order valence-electron chi connectivity index (χ3n) is 5.64. The highest BCUT2D eigenvalue weighted by Gasteiger charge is 2.28. The van der Waals surface area contributed by atoms with Gasteiger partial charge in [-0.2, -0.15) is 0 Å². The van der Waals surface area contributed by atoms with Crippen molar-refractivity contribution in [1.29, 1.82) is 0 Å². The summed E-state index contributed by atoms with van der Waals surface area (Å²) in [6.07, 6.45) is -0.123. The zero-order chi connectivity index (χ0) is 23.4. The molecule has 4 N–H and O–H groups in total. The van der Waals surface area contributed by atoms with Crippen LogP contribution in [0.15, 0.2) is 60.7 Å². The smallest absolute Gasteiger partial charge is 0.407 e. The number of carboxylic acid groups (broad SMARTS) is 1. The molecule has 0 spiro atoms. The average molecular weight is 440 g/mol. The summed E-state index contributed by atoms with van der Waals surface area (Å²) in [5.74, 6) is 4.74. The number of ether oxygens (including phenoxy) is 1. The molecule has 3 aromatic rings. The first-order valence-electron chi connectivity index (χ1n) is 10.7. The highest BCUT2D eigenvalue weighted by atomic mass is 16.5. The van der Waals surface area contributed by atoms with Gasteiger partial charge in [0.15, 0.2) is 0 Å². The number of anilines is 1. The number of aryl methyl sites for hydroxylation is 1. The van der Waals surface area contributed by atoms with Crippen LogP contribution < -0.4 is 11.1 Å². The minimum absolute atomic E-state index is 0.00988. The van der Waals surface area contributed by atoms with E-state index in [1.165, 1.54) is 17.2 Å². The van der Waals surface area contributed by atoms with Gasteiger partial charge in [0.05, 0.1) is 11.3 Å². The van der Waals surface area contributed by atoms with Gasteiger partial charge in [-0.15, -0.1) is 0 Å². The number of hydrogen-bond acceptors (Lipinski definition) is 4. The van der Waals surface area contributed by atoms with Crippen LogP contribution in [0.25, 0.3) is 11.1 Å². The minimum Gasteiger partial charge on any atom is -0.478 e. The average Bonchev–Trinajstić information content (AvgIpc) is 3.13. The number of alkyl carbamates (subject to hydrolysis) is 1. The van der Waals surface area contributed by atoms with Gasteiger partial charge in [-0.3, -0.25) is 0 Å². The molecule has 6 nitrogen and oxygen atoms in total. The summed E-state index contributed by atoms with van der Waals surface area (Å²) in [6.45, 7) is 2.35. The molecule has 1 aliphatic rings. The van der Waals surface area contributed by atoms with Gasteiger partial charge in [0.25, 0.3) is 0 Å². The van der Waals surface area contributed by atoms with E-state index in [0.717, 1.165) is 16.7 Å². The van der Waals surface area contributed by atoms with Crippen molar-refractivity contribution in [2.75, 3.05) is 18.9 Å². The molecular weight excluding hydrogens is 416 g/mol. The van der Waals surface area contributed by atoms with Crippen molar-refractivity contribution in [3.05, 3.63) is 88.5 Å². The number of rotatable bonds is 5. The molecular formula is C27H24N2O4. The number of nitrogen functional groups attached to an aromatic ring is 1. The lowest BCUT2D eigenvalue weighted by molar-refractivity contribution is 0.0697. The lowest BCUT2D eigenvalue weighted by atomic mass is 9.98. The molecule has 0 aliphatic heterocycles. The fourth-order valence-electron chi connectivity index (χ4n) is 4.11. The molecule has 33 heavy (non-hydrogen) atoms. The molecule has 6 heteroatoms. The van der Waals surface area contributed by atoms with Crippen molar-refractivity contribution >= 4 is 17.7 Å². The summed E-state index contributed by atoms with van der Waals surface area (Å²) in [6, 6.07) is 19.6. The van der Waals surface area contributed by atoms with Gasteiger partial charge in [0.2, 0.25) is 0 Å². The van der Waals surface area contributed by atoms with Gasteiger partial charge in [0.1, 0.15) is 6.61 Å². The summed E-state index contributed by atoms with van der Waals surface area (Å²) in [4.78, 5) is 23.5. The SMILES string of the molecule is Cc1cc(C#CCCNC(=O)OCC2c3ccccc3-c3ccccc32)c(N)c(C(=O)O)c1. The Labute approximate surface area is 192 Å². The monoisotopic (exact) mass is 440 g/mol. The zero-order valence-electron chi connectivity index (χ0n) is 18.2. The summed E-state index contributed by atoms with van der Waals surface area (Å²) >= 11 is 0. The van der Waals surface area contributed by atoms with E-state index in [9.17, 15) is 14.7 Å². The Kier molecular flexibility index (Phi) is 6.32. The highest BCUT2D eigenvalue weighted by Crippen LogP contribution is 2.44. The Morgan fingerprint density at radius 2 is 1.70 bits per heavy atom. The van der Waals surface area contributed by atoms with Crippen molar-refractivity contribution in [3.63, 3.8) is 0 Å². The second-order valence-corrected chi connectivity index (χ2v) is 7.88. The number of carbonyl (C=O) groups is 2. The number of benzene rings is 3. The summed E-state index contributed by atoms with van der Waals surface area (Å²) in [5, 5.41) is 11.9. The Morgan fingerprint density at radius 3 is 2.33 bits per heavy atom. The summed E-state index contributed by atoms with van der Waals surface area (Å²) in [7, 11) is 0. The summed E-state index contributed by atoms with van der Waals surface area (Å²) < 4.78 is 5.50. The van der Waals surface area contributed by atoms with Gasteiger partial charge in [-0.05, 0) is 46.9 Å². The molecule has 4 rings (SSSR count). The quantitative estimate of drug-likeness (QED) is 0.307. The largest absolute Gasteiger partial charge is 0.478 e. The Balaban J connectivity index is 1.31. The third-order valence-corrected chi connectivity index (χ3v) is 5.64. The molecule has 0 bridgehead atoms. The van der Waals surface area contributed by atoms with Gasteiger partial charge in [-0.25, -0.2) is 9.59 Å². The maximum atomic E-state index is 12.2. The molecule has 0 heterocycles. The first-order chi connectivity index (χ1) is 16.0. The Hall–Kier alpha value is -4.24. The molecule has 0 saturated heterocycles. The zero-order valence-corrected chi connectivity index (χ0v) is 18.2. The molecule has 1 amide bonds. The molecule has 0 unspecified atom stereocenters. The van der Waals surface area contributed by atoms with Crippen LogP contribution in [0.1, 0.15) is 45.0 Å². The Morgan fingerprint density at radius 1 is 1.06 bits per heavy atom. The molecule has 3 aromatic carbocycles. The van der Waals surface area contributed by atoms with Crippen LogP contribution in [-0.2, 0) is 4.74 Å². The second-order valence-electron chi connectivity index (χ2n) is 7.88. The van der Waals surface area contributed by atoms with Gasteiger partial charge in [-0.1, -0.05) is 60.4 Å². The highest BCUT2D eigenvalue weighted by molar-refractivity contribution is 5.95. The molecule has 0 saturated carbocycles. The number of aromatic carboxylic acids is 1. The van der Waals surface area contributed by atoms with Crippen LogP contribution in [-0.4, -0.2) is 30.3 Å². The minimum atomic E-state index is -1.09. The molecule has 0 aromatic heterocycles. The molecule has 0 atom stereocenters. The number of nitrogens with two attached hydrogens (primary N) is 1. The maximum absolute atomic E-state index is 12.2. The van der Waals surface area contributed by atoms with E-state index in [-0.39, 0.29) is 23.8 Å². The van der Waals surface area contributed by atoms with Crippen molar-refractivity contribution in [3.8, 4) is 23.0 Å². The fourth-order valence-corrected chi connectivity index (χ4v) is 4.11. The van der Waals surface area contributed by atoms with Crippen molar-refractivity contribution in [2.45, 2.75) is 19.3 Å². The number of fused-ring (bicyclic) bond motifs is 3. The van der Waals surface area contributed by atoms with Crippen LogP contribution in [0.3, 0.4) is 0 Å². The number of carbonyl (C=O) groups excluding carboxylic acids is 1. The van der Waals surface area contributed by atoms with E-state index >= 15 is 0 Å². The van der Waals surface area contributed by atoms with E-state index in [4.69, 9.17) is 10.5 Å². The third kappa shape index (κ3) is 4.68. The van der Waals surface area contributed by atoms with Crippen LogP contribution >= 0.6 is 0 Å². The molecule has 166 valence electrons. The first-order valence-corrected chi connectivity index (χ1v) is 10.7.